The number of amides is 2. The third-order valence-corrected chi connectivity index (χ3v) is 6.23. The van der Waals surface area contributed by atoms with Gasteiger partial charge in [0.1, 0.15) is 21.2 Å². The molecule has 0 saturated heterocycles. The molecule has 4 aromatic heterocycles. The Morgan fingerprint density at radius 1 is 1.34 bits per heavy atom. The maximum Gasteiger partial charge on any atom is 0.433 e. The van der Waals surface area contributed by atoms with E-state index in [1.807, 2.05) is 0 Å². The quantitative estimate of drug-likeness (QED) is 0.439. The highest BCUT2D eigenvalue weighted by molar-refractivity contribution is 7.21. The zero-order chi connectivity index (χ0) is 23.4. The van der Waals surface area contributed by atoms with Crippen molar-refractivity contribution in [2.24, 2.45) is 12.8 Å². The molecule has 0 atom stereocenters. The zero-order valence-electron chi connectivity index (χ0n) is 16.4. The smallest absolute Gasteiger partial charge is 0.433 e. The molecule has 0 aromatic carbocycles. The first-order valence-corrected chi connectivity index (χ1v) is 10.1. The molecule has 4 rings (SSSR count). The van der Waals surface area contributed by atoms with Gasteiger partial charge in [0.2, 0.25) is 0 Å². The van der Waals surface area contributed by atoms with Crippen molar-refractivity contribution < 1.29 is 27.2 Å². The summed E-state index contributed by atoms with van der Waals surface area (Å²) in [6.07, 6.45) is -3.47. The number of nitrogens with one attached hydrogen (secondary N) is 1. The molecule has 0 radical (unpaired) electrons. The molecular formula is C19H13ClF3N5O3S. The first-order valence-electron chi connectivity index (χ1n) is 8.88. The summed E-state index contributed by atoms with van der Waals surface area (Å²) in [5, 5.41) is 6.73. The summed E-state index contributed by atoms with van der Waals surface area (Å²) < 4.78 is 47.0. The summed E-state index contributed by atoms with van der Waals surface area (Å²) in [6.45, 7) is 1.65. The Morgan fingerprint density at radius 2 is 2.06 bits per heavy atom. The highest BCUT2D eigenvalue weighted by Crippen LogP contribution is 2.44. The number of aromatic nitrogens is 3. The molecule has 32 heavy (non-hydrogen) atoms. The van der Waals surface area contributed by atoms with E-state index in [2.05, 4.69) is 15.4 Å². The van der Waals surface area contributed by atoms with E-state index >= 15 is 0 Å². The van der Waals surface area contributed by atoms with Gasteiger partial charge in [0.15, 0.2) is 5.69 Å². The van der Waals surface area contributed by atoms with Crippen LogP contribution in [0.15, 0.2) is 28.9 Å². The Hall–Kier alpha value is -3.38. The monoisotopic (exact) mass is 483 g/mol. The van der Waals surface area contributed by atoms with E-state index < -0.39 is 23.7 Å². The molecule has 0 aliphatic rings. The largest absolute Gasteiger partial charge is 0.464 e. The number of alkyl halides is 3. The summed E-state index contributed by atoms with van der Waals surface area (Å²) in [6, 6.07) is 3.72. The molecule has 4 aromatic rings. The number of hydrogen-bond acceptors (Lipinski definition) is 6. The Bertz CT molecular complexity index is 1380. The lowest BCUT2D eigenvalue weighted by atomic mass is 10.1. The second kappa shape index (κ2) is 7.64. The lowest BCUT2D eigenvalue weighted by Crippen LogP contribution is -2.17. The summed E-state index contributed by atoms with van der Waals surface area (Å²) in [4.78, 5) is 28.3. The maximum atomic E-state index is 13.4. The highest BCUT2D eigenvalue weighted by atomic mass is 35.5. The number of thiophene rings is 1. The van der Waals surface area contributed by atoms with Crippen LogP contribution in [-0.2, 0) is 13.2 Å². The van der Waals surface area contributed by atoms with E-state index in [0.717, 1.165) is 6.07 Å². The van der Waals surface area contributed by atoms with Crippen LogP contribution in [0, 0.1) is 6.92 Å². The number of pyridine rings is 1. The van der Waals surface area contributed by atoms with E-state index in [4.69, 9.17) is 21.8 Å². The number of nitrogens with zero attached hydrogens (tertiary/aromatic N) is 3. The van der Waals surface area contributed by atoms with E-state index in [1.54, 1.807) is 14.0 Å². The van der Waals surface area contributed by atoms with Gasteiger partial charge in [0.05, 0.1) is 22.7 Å². The summed E-state index contributed by atoms with van der Waals surface area (Å²) in [5.41, 5.74) is 4.54. The fraction of sp³-hybridized carbons (Fsp3) is 0.158. The normalized spacial score (nSPS) is 11.8. The van der Waals surface area contributed by atoms with Gasteiger partial charge >= 0.3 is 6.18 Å². The van der Waals surface area contributed by atoms with Crippen LogP contribution in [0.5, 0.6) is 0 Å². The van der Waals surface area contributed by atoms with Crippen LogP contribution >= 0.6 is 22.9 Å². The van der Waals surface area contributed by atoms with Crippen LogP contribution in [0.3, 0.4) is 0 Å². The van der Waals surface area contributed by atoms with Crippen molar-refractivity contribution in [3.05, 3.63) is 51.4 Å². The average molecular weight is 484 g/mol. The molecule has 4 heterocycles. The number of nitrogens with two attached hydrogens (primary N) is 1. The number of hydrogen-bond donors (Lipinski definition) is 2. The zero-order valence-corrected chi connectivity index (χ0v) is 17.9. The van der Waals surface area contributed by atoms with Crippen molar-refractivity contribution >= 4 is 50.7 Å². The van der Waals surface area contributed by atoms with E-state index in [0.29, 0.717) is 17.0 Å². The van der Waals surface area contributed by atoms with E-state index in [1.165, 1.54) is 23.1 Å². The highest BCUT2D eigenvalue weighted by Gasteiger charge is 2.35. The number of rotatable bonds is 4. The van der Waals surface area contributed by atoms with Crippen molar-refractivity contribution in [3.63, 3.8) is 0 Å². The van der Waals surface area contributed by atoms with Crippen LogP contribution in [0.25, 0.3) is 21.5 Å². The Morgan fingerprint density at radius 3 is 2.59 bits per heavy atom. The minimum absolute atomic E-state index is 0.0188. The molecule has 0 fully saturated rings. The van der Waals surface area contributed by atoms with Gasteiger partial charge in [-0.3, -0.25) is 14.3 Å². The molecule has 0 unspecified atom stereocenters. The third-order valence-electron chi connectivity index (χ3n) is 4.68. The second-order valence-corrected chi connectivity index (χ2v) is 8.08. The summed E-state index contributed by atoms with van der Waals surface area (Å²) in [7, 11) is 1.59. The minimum Gasteiger partial charge on any atom is -0.464 e. The molecule has 3 N–H and O–H groups in total. The molecule has 13 heteroatoms. The van der Waals surface area contributed by atoms with E-state index in [-0.39, 0.29) is 42.8 Å². The lowest BCUT2D eigenvalue weighted by molar-refractivity contribution is -0.140. The molecule has 166 valence electrons. The molecule has 0 bridgehead atoms. The van der Waals surface area contributed by atoms with Crippen LogP contribution in [-0.4, -0.2) is 26.6 Å². The van der Waals surface area contributed by atoms with Crippen LogP contribution in [0.2, 0.25) is 5.02 Å². The van der Waals surface area contributed by atoms with Gasteiger partial charge < -0.3 is 15.5 Å². The maximum absolute atomic E-state index is 13.4. The van der Waals surface area contributed by atoms with Gasteiger partial charge in [-0.25, -0.2) is 4.98 Å². The van der Waals surface area contributed by atoms with Gasteiger partial charge in [0.25, 0.3) is 11.8 Å². The van der Waals surface area contributed by atoms with E-state index in [9.17, 15) is 22.8 Å². The lowest BCUT2D eigenvalue weighted by Gasteiger charge is -2.10. The Balaban J connectivity index is 1.97. The molecule has 0 spiro atoms. The van der Waals surface area contributed by atoms with Gasteiger partial charge in [-0.2, -0.15) is 18.3 Å². The Kier molecular flexibility index (Phi) is 5.21. The number of fused-ring (bicyclic) bond motifs is 1. The van der Waals surface area contributed by atoms with Crippen LogP contribution < -0.4 is 11.1 Å². The number of carbonyl (C=O) groups is 2. The molecule has 0 aliphatic carbocycles. The van der Waals surface area contributed by atoms with Gasteiger partial charge in [0, 0.05) is 18.0 Å². The van der Waals surface area contributed by atoms with Gasteiger partial charge in [-0.1, -0.05) is 11.6 Å². The molecule has 0 saturated carbocycles. The fourth-order valence-corrected chi connectivity index (χ4v) is 4.32. The topological polar surface area (TPSA) is 116 Å². The predicted molar refractivity (Wildman–Crippen MR) is 112 cm³/mol. The van der Waals surface area contributed by atoms with Crippen molar-refractivity contribution in [1.82, 2.24) is 14.8 Å². The minimum atomic E-state index is -4.76. The number of anilines is 1. The molecule has 0 aliphatic heterocycles. The summed E-state index contributed by atoms with van der Waals surface area (Å²) >= 11 is 6.79. The number of primary amides is 1. The molecule has 8 nitrogen and oxygen atoms in total. The van der Waals surface area contributed by atoms with Crippen molar-refractivity contribution in [1.29, 1.82) is 0 Å². The molecule has 2 amide bonds. The second-order valence-electron chi connectivity index (χ2n) is 6.71. The average Bonchev–Trinajstić information content (AvgIpc) is 3.42. The number of aryl methyl sites for hydroxylation is 1. The predicted octanol–water partition coefficient (Wildman–Crippen LogP) is 4.62. The summed E-state index contributed by atoms with van der Waals surface area (Å²) in [5.74, 6) is -1.64. The van der Waals surface area contributed by atoms with Gasteiger partial charge in [-0.15, -0.1) is 11.3 Å². The van der Waals surface area contributed by atoms with Crippen molar-refractivity contribution in [2.45, 2.75) is 13.1 Å². The SMILES string of the molecule is Cc1c(Cl)c(C(=O)Nc2c(C(N)=O)sc3nc(C(F)(F)F)cc(-c4ccco4)c23)nn1C. The third kappa shape index (κ3) is 3.60. The number of halogens is 4. The van der Waals surface area contributed by atoms with Crippen molar-refractivity contribution in [3.8, 4) is 11.3 Å². The molecular weight excluding hydrogens is 471 g/mol. The fourth-order valence-electron chi connectivity index (χ4n) is 3.06. The van der Waals surface area contributed by atoms with Gasteiger partial charge in [-0.05, 0) is 25.1 Å². The number of carbonyl (C=O) groups excluding carboxylic acids is 2. The van der Waals surface area contributed by atoms with Crippen LogP contribution in [0.1, 0.15) is 31.5 Å². The number of furan rings is 1. The Labute approximate surface area is 186 Å². The standard InChI is InChI=1S/C19H13ClF3N5O3S/c1-7-12(20)14(27-28(7)2)17(30)26-13-11-8(9-4-3-5-31-9)6-10(19(21,22)23)25-18(11)32-15(13)16(24)29/h3-6H,1-2H3,(H2,24,29)(H,26,30). The first-order chi connectivity index (χ1) is 15.0. The first kappa shape index (κ1) is 21.8. The van der Waals surface area contributed by atoms with Crippen molar-refractivity contribution in [2.75, 3.05) is 5.32 Å². The van der Waals surface area contributed by atoms with Crippen LogP contribution in [0.4, 0.5) is 18.9 Å².